The first-order valence-corrected chi connectivity index (χ1v) is 11.1. The molecule has 29 heavy (non-hydrogen) atoms. The smallest absolute Gasteiger partial charge is 0.261 e. The van der Waals surface area contributed by atoms with Crippen molar-refractivity contribution < 1.29 is 9.90 Å². The van der Waals surface area contributed by atoms with E-state index in [1.165, 1.54) is 23.9 Å². The van der Waals surface area contributed by atoms with Crippen molar-refractivity contribution in [2.75, 3.05) is 19.7 Å². The van der Waals surface area contributed by atoms with Crippen molar-refractivity contribution in [1.82, 2.24) is 20.0 Å². The van der Waals surface area contributed by atoms with Gasteiger partial charge in [0.2, 0.25) is 0 Å². The van der Waals surface area contributed by atoms with E-state index < -0.39 is 0 Å². The number of amides is 1. The number of carbonyl (C=O) groups is 1. The highest BCUT2D eigenvalue weighted by Gasteiger charge is 2.27. The average Bonchev–Trinajstić information content (AvgIpc) is 3.31. The number of aliphatic hydroxyl groups is 1. The van der Waals surface area contributed by atoms with Crippen LogP contribution in [0.2, 0.25) is 0 Å². The van der Waals surface area contributed by atoms with Crippen LogP contribution in [0.3, 0.4) is 0 Å². The molecule has 3 aromatic rings. The zero-order valence-corrected chi connectivity index (χ0v) is 17.6. The topological polar surface area (TPSA) is 70.4 Å². The number of fused-ring (bicyclic) bond motifs is 1. The number of nitrogens with zero attached hydrogens (tertiary/aromatic N) is 3. The van der Waals surface area contributed by atoms with Crippen molar-refractivity contribution in [2.45, 2.75) is 38.3 Å². The van der Waals surface area contributed by atoms with Crippen LogP contribution in [0.1, 0.15) is 40.2 Å². The molecule has 0 radical (unpaired) electrons. The summed E-state index contributed by atoms with van der Waals surface area (Å²) >= 11 is 1.55. The molecule has 154 valence electrons. The van der Waals surface area contributed by atoms with Crippen LogP contribution in [-0.2, 0) is 20.0 Å². The van der Waals surface area contributed by atoms with E-state index >= 15 is 0 Å². The van der Waals surface area contributed by atoms with Crippen molar-refractivity contribution in [3.8, 4) is 0 Å². The Labute approximate surface area is 175 Å². The number of carbonyl (C=O) groups excluding carboxylic acids is 1. The number of aliphatic hydroxyl groups excluding tert-OH is 1. The molecule has 1 unspecified atom stereocenters. The van der Waals surface area contributed by atoms with Gasteiger partial charge in [0, 0.05) is 37.1 Å². The van der Waals surface area contributed by atoms with Crippen LogP contribution in [0.25, 0.3) is 10.1 Å². The van der Waals surface area contributed by atoms with Crippen LogP contribution in [-0.4, -0.2) is 51.4 Å². The number of aryl methyl sites for hydroxylation is 1. The lowest BCUT2D eigenvalue weighted by molar-refractivity contribution is 0.0946. The molecule has 4 rings (SSSR count). The largest absolute Gasteiger partial charge is 0.395 e. The maximum atomic E-state index is 12.8. The fraction of sp³-hybridized carbons (Fsp3) is 0.455. The number of benzene rings is 1. The SMILES string of the molecule is Cn1nccc1CN1CCCCC1Cc1c(C(=O)NCCO)sc2ccccc12. The standard InChI is InChI=1S/C22H28N4O2S/c1-25-17(9-10-24-25)15-26-12-5-4-6-16(26)14-19-18-7-2-3-8-20(18)29-21(19)22(28)23-11-13-27/h2-3,7-10,16,27H,4-6,11-15H2,1H3,(H,23,28). The van der Waals surface area contributed by atoms with Gasteiger partial charge in [0.05, 0.1) is 17.2 Å². The van der Waals surface area contributed by atoms with E-state index in [-0.39, 0.29) is 19.1 Å². The molecule has 0 spiro atoms. The lowest BCUT2D eigenvalue weighted by Crippen LogP contribution is -2.41. The predicted molar refractivity (Wildman–Crippen MR) is 116 cm³/mol. The van der Waals surface area contributed by atoms with Gasteiger partial charge in [0.15, 0.2) is 0 Å². The lowest BCUT2D eigenvalue weighted by Gasteiger charge is -2.36. The summed E-state index contributed by atoms with van der Waals surface area (Å²) in [5.41, 5.74) is 2.36. The highest BCUT2D eigenvalue weighted by Crippen LogP contribution is 2.34. The summed E-state index contributed by atoms with van der Waals surface area (Å²) in [6, 6.07) is 10.8. The molecule has 3 heterocycles. The van der Waals surface area contributed by atoms with Gasteiger partial charge in [-0.25, -0.2) is 0 Å². The Kier molecular flexibility index (Phi) is 6.28. The molecule has 1 saturated heterocycles. The molecule has 2 aromatic heterocycles. The van der Waals surface area contributed by atoms with Gasteiger partial charge in [-0.15, -0.1) is 11.3 Å². The minimum absolute atomic E-state index is 0.0485. The first-order valence-electron chi connectivity index (χ1n) is 10.3. The first kappa shape index (κ1) is 20.1. The Morgan fingerprint density at radius 2 is 2.17 bits per heavy atom. The molecule has 1 aliphatic heterocycles. The van der Waals surface area contributed by atoms with E-state index in [1.54, 1.807) is 11.3 Å². The maximum Gasteiger partial charge on any atom is 0.261 e. The second-order valence-electron chi connectivity index (χ2n) is 7.66. The van der Waals surface area contributed by atoms with Crippen molar-refractivity contribution >= 4 is 27.3 Å². The fourth-order valence-electron chi connectivity index (χ4n) is 4.23. The molecule has 7 heteroatoms. The van der Waals surface area contributed by atoms with E-state index in [2.05, 4.69) is 33.5 Å². The van der Waals surface area contributed by atoms with Crippen LogP contribution < -0.4 is 5.32 Å². The Balaban J connectivity index is 1.62. The number of aromatic nitrogens is 2. The Hall–Kier alpha value is -2.22. The summed E-state index contributed by atoms with van der Waals surface area (Å²) in [6.45, 7) is 2.19. The van der Waals surface area contributed by atoms with E-state index in [4.69, 9.17) is 5.11 Å². The number of hydrogen-bond donors (Lipinski definition) is 2. The summed E-state index contributed by atoms with van der Waals surface area (Å²) in [5, 5.41) is 17.4. The molecule has 6 nitrogen and oxygen atoms in total. The molecule has 1 amide bonds. The van der Waals surface area contributed by atoms with Gasteiger partial charge in [-0.2, -0.15) is 5.10 Å². The molecule has 1 aliphatic rings. The van der Waals surface area contributed by atoms with Crippen molar-refractivity contribution in [3.05, 3.63) is 52.7 Å². The summed E-state index contributed by atoms with van der Waals surface area (Å²) in [5.74, 6) is -0.0794. The Bertz CT molecular complexity index is 980. The molecule has 0 aliphatic carbocycles. The minimum atomic E-state index is -0.0794. The number of nitrogens with one attached hydrogen (secondary N) is 1. The van der Waals surface area contributed by atoms with E-state index in [9.17, 15) is 4.79 Å². The monoisotopic (exact) mass is 412 g/mol. The molecule has 0 saturated carbocycles. The minimum Gasteiger partial charge on any atom is -0.395 e. The predicted octanol–water partition coefficient (Wildman–Crippen LogP) is 2.95. The number of thiophene rings is 1. The maximum absolute atomic E-state index is 12.8. The van der Waals surface area contributed by atoms with Gasteiger partial charge in [0.1, 0.15) is 0 Å². The summed E-state index contributed by atoms with van der Waals surface area (Å²) in [4.78, 5) is 16.1. The third-order valence-corrected chi connectivity index (χ3v) is 6.99. The van der Waals surface area contributed by atoms with Gasteiger partial charge in [-0.3, -0.25) is 14.4 Å². The van der Waals surface area contributed by atoms with Crippen LogP contribution in [0.5, 0.6) is 0 Å². The van der Waals surface area contributed by atoms with Crippen molar-refractivity contribution in [2.24, 2.45) is 7.05 Å². The Morgan fingerprint density at radius 3 is 2.97 bits per heavy atom. The normalized spacial score (nSPS) is 17.7. The molecular weight excluding hydrogens is 384 g/mol. The molecule has 1 aromatic carbocycles. The van der Waals surface area contributed by atoms with Crippen LogP contribution in [0.15, 0.2) is 36.5 Å². The Morgan fingerprint density at radius 1 is 1.31 bits per heavy atom. The number of rotatable bonds is 7. The van der Waals surface area contributed by atoms with Gasteiger partial charge in [-0.05, 0) is 48.9 Å². The number of likely N-dealkylation sites (tertiary alicyclic amines) is 1. The summed E-state index contributed by atoms with van der Waals surface area (Å²) in [7, 11) is 1.99. The summed E-state index contributed by atoms with van der Waals surface area (Å²) < 4.78 is 3.09. The van der Waals surface area contributed by atoms with Crippen molar-refractivity contribution in [1.29, 1.82) is 0 Å². The highest BCUT2D eigenvalue weighted by molar-refractivity contribution is 7.21. The molecular formula is C22H28N4O2S. The fourth-order valence-corrected chi connectivity index (χ4v) is 5.38. The molecule has 1 atom stereocenters. The van der Waals surface area contributed by atoms with Crippen LogP contribution in [0, 0.1) is 0 Å². The van der Waals surface area contributed by atoms with E-state index in [1.807, 2.05) is 30.1 Å². The van der Waals surface area contributed by atoms with Crippen LogP contribution in [0.4, 0.5) is 0 Å². The average molecular weight is 413 g/mol. The highest BCUT2D eigenvalue weighted by atomic mass is 32.1. The zero-order chi connectivity index (χ0) is 20.2. The first-order chi connectivity index (χ1) is 14.2. The lowest BCUT2D eigenvalue weighted by atomic mass is 9.93. The van der Waals surface area contributed by atoms with Gasteiger partial charge in [0.25, 0.3) is 5.91 Å². The summed E-state index contributed by atoms with van der Waals surface area (Å²) in [6.07, 6.45) is 6.29. The third-order valence-electron chi connectivity index (χ3n) is 5.78. The molecule has 2 N–H and O–H groups in total. The van der Waals surface area contributed by atoms with Crippen molar-refractivity contribution in [3.63, 3.8) is 0 Å². The molecule has 0 bridgehead atoms. The number of piperidine rings is 1. The molecule has 1 fully saturated rings. The second kappa shape index (κ2) is 9.07. The van der Waals surface area contributed by atoms with E-state index in [0.29, 0.717) is 6.04 Å². The quantitative estimate of drug-likeness (QED) is 0.626. The van der Waals surface area contributed by atoms with Gasteiger partial charge >= 0.3 is 0 Å². The van der Waals surface area contributed by atoms with Gasteiger partial charge < -0.3 is 10.4 Å². The second-order valence-corrected chi connectivity index (χ2v) is 8.71. The van der Waals surface area contributed by atoms with Crippen LogP contribution >= 0.6 is 11.3 Å². The zero-order valence-electron chi connectivity index (χ0n) is 16.8. The van der Waals surface area contributed by atoms with E-state index in [0.717, 1.165) is 41.1 Å². The third kappa shape index (κ3) is 4.37. The van der Waals surface area contributed by atoms with Gasteiger partial charge in [-0.1, -0.05) is 24.6 Å². The number of hydrogen-bond acceptors (Lipinski definition) is 5.